The second-order valence-electron chi connectivity index (χ2n) is 6.75. The second kappa shape index (κ2) is 9.65. The van der Waals surface area contributed by atoms with Crippen molar-refractivity contribution in [2.45, 2.75) is 13.5 Å². The Balaban J connectivity index is 1.43. The van der Waals surface area contributed by atoms with Crippen molar-refractivity contribution in [3.05, 3.63) is 70.7 Å². The van der Waals surface area contributed by atoms with E-state index in [1.165, 1.54) is 5.56 Å². The molecule has 0 atom stereocenters. The summed E-state index contributed by atoms with van der Waals surface area (Å²) in [5, 5.41) is 4.81. The lowest BCUT2D eigenvalue weighted by molar-refractivity contribution is -0.122. The van der Waals surface area contributed by atoms with Gasteiger partial charge in [-0.2, -0.15) is 5.10 Å². The molecule has 1 heterocycles. The fourth-order valence-corrected chi connectivity index (χ4v) is 3.42. The third-order valence-electron chi connectivity index (χ3n) is 4.69. The molecule has 27 heavy (non-hydrogen) atoms. The highest BCUT2D eigenvalue weighted by Crippen LogP contribution is 2.15. The van der Waals surface area contributed by atoms with E-state index in [0.717, 1.165) is 38.3 Å². The average molecular weight is 385 g/mol. The van der Waals surface area contributed by atoms with E-state index in [0.29, 0.717) is 17.3 Å². The minimum Gasteiger partial charge on any atom is -0.297 e. The Hall–Kier alpha value is -2.21. The average Bonchev–Trinajstić information content (AvgIpc) is 2.69. The molecule has 3 rings (SSSR count). The number of carbonyl (C=O) groups excluding carboxylic acids is 1. The third kappa shape index (κ3) is 5.89. The minimum absolute atomic E-state index is 0.0992. The Bertz CT molecular complexity index is 786. The monoisotopic (exact) mass is 384 g/mol. The lowest BCUT2D eigenvalue weighted by Crippen LogP contribution is -2.48. The van der Waals surface area contributed by atoms with Crippen molar-refractivity contribution < 1.29 is 4.79 Å². The number of halogens is 1. The van der Waals surface area contributed by atoms with Crippen LogP contribution >= 0.6 is 11.6 Å². The summed E-state index contributed by atoms with van der Waals surface area (Å²) < 4.78 is 0. The Morgan fingerprint density at radius 1 is 1.00 bits per heavy atom. The van der Waals surface area contributed by atoms with Crippen LogP contribution in [0.1, 0.15) is 18.1 Å². The standard InChI is InChI=1S/C21H25ClN4O/c1-17(19-9-5-6-10-20(19)22)23-24-21(27)16-26-13-11-25(12-14-26)15-18-7-3-2-4-8-18/h2-10H,11-16H2,1H3,(H,24,27)/b23-17-. The van der Waals surface area contributed by atoms with Crippen LogP contribution in [0.3, 0.4) is 0 Å². The van der Waals surface area contributed by atoms with Crippen molar-refractivity contribution in [2.75, 3.05) is 32.7 Å². The number of hydrazone groups is 1. The van der Waals surface area contributed by atoms with E-state index in [2.05, 4.69) is 44.6 Å². The van der Waals surface area contributed by atoms with Gasteiger partial charge in [-0.1, -0.05) is 60.1 Å². The Morgan fingerprint density at radius 2 is 1.63 bits per heavy atom. The first-order chi connectivity index (χ1) is 13.1. The summed E-state index contributed by atoms with van der Waals surface area (Å²) >= 11 is 6.16. The van der Waals surface area contributed by atoms with Gasteiger partial charge in [-0.3, -0.25) is 14.6 Å². The third-order valence-corrected chi connectivity index (χ3v) is 5.02. The summed E-state index contributed by atoms with van der Waals surface area (Å²) in [7, 11) is 0. The summed E-state index contributed by atoms with van der Waals surface area (Å²) in [5.41, 5.74) is 5.49. The van der Waals surface area contributed by atoms with Crippen molar-refractivity contribution in [3.63, 3.8) is 0 Å². The molecule has 1 fully saturated rings. The van der Waals surface area contributed by atoms with Gasteiger partial charge < -0.3 is 0 Å². The van der Waals surface area contributed by atoms with Gasteiger partial charge in [-0.15, -0.1) is 0 Å². The highest BCUT2D eigenvalue weighted by Gasteiger charge is 2.19. The number of rotatable bonds is 6. The smallest absolute Gasteiger partial charge is 0.254 e. The molecule has 1 amide bonds. The molecule has 2 aromatic rings. The second-order valence-corrected chi connectivity index (χ2v) is 7.16. The number of hydrogen-bond donors (Lipinski definition) is 1. The summed E-state index contributed by atoms with van der Waals surface area (Å²) in [6.45, 7) is 6.85. The number of nitrogens with one attached hydrogen (secondary N) is 1. The van der Waals surface area contributed by atoms with Crippen LogP contribution in [0.15, 0.2) is 59.7 Å². The predicted molar refractivity (Wildman–Crippen MR) is 110 cm³/mol. The SMILES string of the molecule is C/C(=N/NC(=O)CN1CCN(Cc2ccccc2)CC1)c1ccccc1Cl. The highest BCUT2D eigenvalue weighted by molar-refractivity contribution is 6.34. The number of amides is 1. The number of carbonyl (C=O) groups is 1. The Labute approximate surface area is 165 Å². The predicted octanol–water partition coefficient (Wildman–Crippen LogP) is 3.00. The van der Waals surface area contributed by atoms with Crippen molar-refractivity contribution in [1.82, 2.24) is 15.2 Å². The topological polar surface area (TPSA) is 47.9 Å². The van der Waals surface area contributed by atoms with Gasteiger partial charge in [0.1, 0.15) is 0 Å². The molecule has 6 heteroatoms. The molecule has 2 aromatic carbocycles. The maximum atomic E-state index is 12.2. The van der Waals surface area contributed by atoms with E-state index in [-0.39, 0.29) is 5.91 Å². The van der Waals surface area contributed by atoms with Crippen LogP contribution in [-0.4, -0.2) is 54.1 Å². The van der Waals surface area contributed by atoms with Crippen LogP contribution in [0.5, 0.6) is 0 Å². The van der Waals surface area contributed by atoms with Crippen LogP contribution in [0.25, 0.3) is 0 Å². The zero-order chi connectivity index (χ0) is 19.1. The fourth-order valence-electron chi connectivity index (χ4n) is 3.15. The maximum absolute atomic E-state index is 12.2. The molecule has 1 aliphatic heterocycles. The molecule has 5 nitrogen and oxygen atoms in total. The Kier molecular flexibility index (Phi) is 6.98. The van der Waals surface area contributed by atoms with Gasteiger partial charge >= 0.3 is 0 Å². The molecule has 0 aliphatic carbocycles. The summed E-state index contributed by atoms with van der Waals surface area (Å²) in [5.74, 6) is -0.0992. The van der Waals surface area contributed by atoms with Crippen molar-refractivity contribution in [1.29, 1.82) is 0 Å². The first kappa shape index (κ1) is 19.5. The molecule has 0 saturated carbocycles. The van der Waals surface area contributed by atoms with Crippen molar-refractivity contribution in [2.24, 2.45) is 5.10 Å². The normalized spacial score (nSPS) is 16.3. The molecule has 0 unspecified atom stereocenters. The molecule has 1 aliphatic rings. The van der Waals surface area contributed by atoms with Crippen molar-refractivity contribution >= 4 is 23.2 Å². The van der Waals surface area contributed by atoms with Crippen LogP contribution in [0, 0.1) is 0 Å². The van der Waals surface area contributed by atoms with Gasteiger partial charge in [-0.25, -0.2) is 5.43 Å². The molecule has 1 N–H and O–H groups in total. The fraction of sp³-hybridized carbons (Fsp3) is 0.333. The van der Waals surface area contributed by atoms with Crippen LogP contribution in [0.2, 0.25) is 5.02 Å². The lowest BCUT2D eigenvalue weighted by atomic mass is 10.1. The molecule has 1 saturated heterocycles. The molecule has 0 radical (unpaired) electrons. The number of benzene rings is 2. The van der Waals surface area contributed by atoms with Crippen LogP contribution < -0.4 is 5.43 Å². The quantitative estimate of drug-likeness (QED) is 0.615. The van der Waals surface area contributed by atoms with Gasteiger partial charge in [0.15, 0.2) is 0 Å². The van der Waals surface area contributed by atoms with Crippen LogP contribution in [-0.2, 0) is 11.3 Å². The number of nitrogens with zero attached hydrogens (tertiary/aromatic N) is 3. The largest absolute Gasteiger partial charge is 0.297 e. The van der Waals surface area contributed by atoms with E-state index in [1.807, 2.05) is 37.3 Å². The summed E-state index contributed by atoms with van der Waals surface area (Å²) in [6, 6.07) is 18.0. The van der Waals surface area contributed by atoms with E-state index < -0.39 is 0 Å². The van der Waals surface area contributed by atoms with Crippen molar-refractivity contribution in [3.8, 4) is 0 Å². The van der Waals surface area contributed by atoms with E-state index in [4.69, 9.17) is 11.6 Å². The number of hydrogen-bond acceptors (Lipinski definition) is 4. The molecular formula is C21H25ClN4O. The van der Waals surface area contributed by atoms with E-state index >= 15 is 0 Å². The molecule has 0 bridgehead atoms. The number of piperazine rings is 1. The molecule has 0 aromatic heterocycles. The van der Waals surface area contributed by atoms with Gasteiger partial charge in [0.25, 0.3) is 5.91 Å². The minimum atomic E-state index is -0.0992. The zero-order valence-electron chi connectivity index (χ0n) is 15.6. The highest BCUT2D eigenvalue weighted by atomic mass is 35.5. The molecular weight excluding hydrogens is 360 g/mol. The van der Waals surface area contributed by atoms with Crippen LogP contribution in [0.4, 0.5) is 0 Å². The first-order valence-corrected chi connectivity index (χ1v) is 9.56. The van der Waals surface area contributed by atoms with Gasteiger partial charge in [-0.05, 0) is 18.6 Å². The van der Waals surface area contributed by atoms with E-state index in [1.54, 1.807) is 0 Å². The lowest BCUT2D eigenvalue weighted by Gasteiger charge is -2.34. The van der Waals surface area contributed by atoms with Gasteiger partial charge in [0, 0.05) is 43.3 Å². The molecule has 0 spiro atoms. The maximum Gasteiger partial charge on any atom is 0.254 e. The van der Waals surface area contributed by atoms with Gasteiger partial charge in [0.2, 0.25) is 0 Å². The Morgan fingerprint density at radius 3 is 2.33 bits per heavy atom. The van der Waals surface area contributed by atoms with Gasteiger partial charge in [0.05, 0.1) is 12.3 Å². The first-order valence-electron chi connectivity index (χ1n) is 9.18. The van der Waals surface area contributed by atoms with E-state index in [9.17, 15) is 4.79 Å². The zero-order valence-corrected chi connectivity index (χ0v) is 16.3. The molecule has 142 valence electrons. The summed E-state index contributed by atoms with van der Waals surface area (Å²) in [6.07, 6.45) is 0. The summed E-state index contributed by atoms with van der Waals surface area (Å²) in [4.78, 5) is 16.8.